The van der Waals surface area contributed by atoms with Crippen LogP contribution < -0.4 is 15.4 Å². The number of benzene rings is 1. The summed E-state index contributed by atoms with van der Waals surface area (Å²) in [6.45, 7) is 7.84. The Morgan fingerprint density at radius 1 is 1.26 bits per heavy atom. The number of rotatable bonds is 5. The Morgan fingerprint density at radius 3 is 2.37 bits per heavy atom. The largest absolute Gasteiger partial charge is 0.491 e. The maximum Gasteiger partial charge on any atom is 0.227 e. The molecule has 4 nitrogen and oxygen atoms in total. The fourth-order valence-corrected chi connectivity index (χ4v) is 2.02. The molecule has 1 atom stereocenters. The first-order chi connectivity index (χ1) is 9.06. The molecule has 0 aromatic heterocycles. The second-order valence-corrected chi connectivity index (χ2v) is 5.39. The van der Waals surface area contributed by atoms with Crippen LogP contribution in [0.15, 0.2) is 24.3 Å². The highest BCUT2D eigenvalue weighted by Gasteiger charge is 2.28. The summed E-state index contributed by atoms with van der Waals surface area (Å²) in [5.41, 5.74) is 0.820. The summed E-state index contributed by atoms with van der Waals surface area (Å²) in [6, 6.07) is 7.51. The van der Waals surface area contributed by atoms with Gasteiger partial charge in [-0.1, -0.05) is 6.92 Å². The summed E-state index contributed by atoms with van der Waals surface area (Å²) in [4.78, 5) is 12.0. The highest BCUT2D eigenvalue weighted by atomic mass is 16.5. The lowest BCUT2D eigenvalue weighted by molar-refractivity contribution is -0.121. The van der Waals surface area contributed by atoms with E-state index in [1.807, 2.05) is 45.0 Å². The maximum absolute atomic E-state index is 12.0. The maximum atomic E-state index is 12.0. The van der Waals surface area contributed by atoms with Gasteiger partial charge in [0, 0.05) is 11.6 Å². The summed E-state index contributed by atoms with van der Waals surface area (Å²) < 4.78 is 5.57. The smallest absolute Gasteiger partial charge is 0.227 e. The van der Waals surface area contributed by atoms with Crippen molar-refractivity contribution in [1.82, 2.24) is 5.32 Å². The van der Waals surface area contributed by atoms with Crippen LogP contribution in [0, 0.1) is 11.8 Å². The van der Waals surface area contributed by atoms with Crippen molar-refractivity contribution in [3.8, 4) is 5.75 Å². The predicted octanol–water partition coefficient (Wildman–Crippen LogP) is 2.27. The van der Waals surface area contributed by atoms with Crippen LogP contribution in [0.3, 0.4) is 0 Å². The predicted molar refractivity (Wildman–Crippen MR) is 76.4 cm³/mol. The molecule has 1 aliphatic heterocycles. The summed E-state index contributed by atoms with van der Waals surface area (Å²) in [6.07, 6.45) is 0.159. The normalized spacial score (nSPS) is 16.8. The van der Waals surface area contributed by atoms with Gasteiger partial charge in [0.1, 0.15) is 5.75 Å². The fourth-order valence-electron chi connectivity index (χ4n) is 2.02. The molecule has 1 fully saturated rings. The Labute approximate surface area is 114 Å². The van der Waals surface area contributed by atoms with Crippen LogP contribution in [0.25, 0.3) is 0 Å². The van der Waals surface area contributed by atoms with Gasteiger partial charge in [-0.05, 0) is 57.1 Å². The molecule has 0 saturated carbocycles. The van der Waals surface area contributed by atoms with E-state index in [1.165, 1.54) is 0 Å². The summed E-state index contributed by atoms with van der Waals surface area (Å²) in [5.74, 6) is 1.42. The zero-order valence-electron chi connectivity index (χ0n) is 11.8. The lowest BCUT2D eigenvalue weighted by Crippen LogP contribution is -2.48. The third-order valence-electron chi connectivity index (χ3n) is 3.43. The first-order valence-corrected chi connectivity index (χ1v) is 6.84. The lowest BCUT2D eigenvalue weighted by atomic mass is 9.88. The molecule has 19 heavy (non-hydrogen) atoms. The lowest BCUT2D eigenvalue weighted by Gasteiger charge is -2.31. The van der Waals surface area contributed by atoms with E-state index in [1.54, 1.807) is 0 Å². The Hall–Kier alpha value is -1.55. The molecule has 0 spiro atoms. The van der Waals surface area contributed by atoms with E-state index in [2.05, 4.69) is 10.6 Å². The average molecular weight is 262 g/mol. The van der Waals surface area contributed by atoms with Crippen molar-refractivity contribution in [2.75, 3.05) is 18.4 Å². The molecule has 1 saturated heterocycles. The second kappa shape index (κ2) is 6.06. The fraction of sp³-hybridized carbons (Fsp3) is 0.533. The average Bonchev–Trinajstić information content (AvgIpc) is 2.28. The Morgan fingerprint density at radius 2 is 1.89 bits per heavy atom. The molecule has 0 aliphatic carbocycles. The van der Waals surface area contributed by atoms with Crippen molar-refractivity contribution >= 4 is 11.6 Å². The van der Waals surface area contributed by atoms with Gasteiger partial charge < -0.3 is 15.4 Å². The SMILES string of the molecule is CC(C)Oc1ccc(NC(=O)C(C)C2CNC2)cc1. The molecule has 0 bridgehead atoms. The van der Waals surface area contributed by atoms with Gasteiger partial charge in [-0.25, -0.2) is 0 Å². The van der Waals surface area contributed by atoms with Gasteiger partial charge in [-0.2, -0.15) is 0 Å². The van der Waals surface area contributed by atoms with Crippen molar-refractivity contribution in [1.29, 1.82) is 0 Å². The number of hydrogen-bond acceptors (Lipinski definition) is 3. The number of anilines is 1. The molecule has 1 amide bonds. The monoisotopic (exact) mass is 262 g/mol. The van der Waals surface area contributed by atoms with E-state index in [9.17, 15) is 4.79 Å². The number of ether oxygens (including phenoxy) is 1. The Kier molecular flexibility index (Phi) is 4.43. The number of hydrogen-bond donors (Lipinski definition) is 2. The van der Waals surface area contributed by atoms with Crippen LogP contribution in [0.1, 0.15) is 20.8 Å². The molecular formula is C15H22N2O2. The highest BCUT2D eigenvalue weighted by Crippen LogP contribution is 2.20. The number of carbonyl (C=O) groups excluding carboxylic acids is 1. The van der Waals surface area contributed by atoms with Crippen LogP contribution in [-0.2, 0) is 4.79 Å². The van der Waals surface area contributed by atoms with Crippen molar-refractivity contribution < 1.29 is 9.53 Å². The Bertz CT molecular complexity index is 424. The van der Waals surface area contributed by atoms with Crippen molar-refractivity contribution in [2.45, 2.75) is 26.9 Å². The molecule has 1 aromatic rings. The van der Waals surface area contributed by atoms with E-state index >= 15 is 0 Å². The minimum absolute atomic E-state index is 0.0489. The van der Waals surface area contributed by atoms with Gasteiger partial charge in [0.05, 0.1) is 6.10 Å². The first kappa shape index (κ1) is 13.9. The molecular weight excluding hydrogens is 240 g/mol. The van der Waals surface area contributed by atoms with Crippen molar-refractivity contribution in [3.63, 3.8) is 0 Å². The Balaban J connectivity index is 1.89. The molecule has 2 N–H and O–H groups in total. The van der Waals surface area contributed by atoms with E-state index in [-0.39, 0.29) is 17.9 Å². The van der Waals surface area contributed by atoms with Gasteiger partial charge in [0.2, 0.25) is 5.91 Å². The van der Waals surface area contributed by atoms with E-state index in [4.69, 9.17) is 4.74 Å². The van der Waals surface area contributed by atoms with E-state index in [0.717, 1.165) is 24.5 Å². The summed E-state index contributed by atoms with van der Waals surface area (Å²) in [7, 11) is 0. The topological polar surface area (TPSA) is 50.4 Å². The molecule has 0 radical (unpaired) electrons. The highest BCUT2D eigenvalue weighted by molar-refractivity contribution is 5.92. The zero-order chi connectivity index (χ0) is 13.8. The molecule has 1 unspecified atom stereocenters. The van der Waals surface area contributed by atoms with Crippen LogP contribution in [0.4, 0.5) is 5.69 Å². The summed E-state index contributed by atoms with van der Waals surface area (Å²) >= 11 is 0. The summed E-state index contributed by atoms with van der Waals surface area (Å²) in [5, 5.41) is 6.14. The molecule has 104 valence electrons. The van der Waals surface area contributed by atoms with Crippen LogP contribution in [0.2, 0.25) is 0 Å². The van der Waals surface area contributed by atoms with Crippen LogP contribution >= 0.6 is 0 Å². The quantitative estimate of drug-likeness (QED) is 0.856. The van der Waals surface area contributed by atoms with E-state index in [0.29, 0.717) is 5.92 Å². The molecule has 4 heteroatoms. The number of carbonyl (C=O) groups is 1. The molecule has 2 rings (SSSR count). The minimum Gasteiger partial charge on any atom is -0.491 e. The van der Waals surface area contributed by atoms with Crippen molar-refractivity contribution in [2.24, 2.45) is 11.8 Å². The third-order valence-corrected chi connectivity index (χ3v) is 3.43. The van der Waals surface area contributed by atoms with Gasteiger partial charge in [0.15, 0.2) is 0 Å². The molecule has 1 aromatic carbocycles. The van der Waals surface area contributed by atoms with Gasteiger partial charge in [-0.3, -0.25) is 4.79 Å². The van der Waals surface area contributed by atoms with Crippen LogP contribution in [-0.4, -0.2) is 25.1 Å². The first-order valence-electron chi connectivity index (χ1n) is 6.84. The second-order valence-electron chi connectivity index (χ2n) is 5.39. The minimum atomic E-state index is 0.0489. The molecule has 1 aliphatic rings. The van der Waals surface area contributed by atoms with Gasteiger partial charge >= 0.3 is 0 Å². The van der Waals surface area contributed by atoms with Crippen molar-refractivity contribution in [3.05, 3.63) is 24.3 Å². The number of nitrogens with one attached hydrogen (secondary N) is 2. The van der Waals surface area contributed by atoms with E-state index < -0.39 is 0 Å². The van der Waals surface area contributed by atoms with Crippen LogP contribution in [0.5, 0.6) is 5.75 Å². The van der Waals surface area contributed by atoms with Gasteiger partial charge in [-0.15, -0.1) is 0 Å². The number of amides is 1. The van der Waals surface area contributed by atoms with Gasteiger partial charge in [0.25, 0.3) is 0 Å². The molecule has 1 heterocycles. The third kappa shape index (κ3) is 3.70. The zero-order valence-corrected chi connectivity index (χ0v) is 11.8. The standard InChI is InChI=1S/C15H22N2O2/c1-10(2)19-14-6-4-13(5-7-14)17-15(18)11(3)12-8-16-9-12/h4-7,10-12,16H,8-9H2,1-3H3,(H,17,18).